The Hall–Kier alpha value is -1.84. The molecule has 0 aliphatic heterocycles. The first-order chi connectivity index (χ1) is 7.66. The van der Waals surface area contributed by atoms with Crippen LogP contribution in [0.1, 0.15) is 5.69 Å². The van der Waals surface area contributed by atoms with E-state index in [1.54, 1.807) is 0 Å². The lowest BCUT2D eigenvalue weighted by atomic mass is 10.3. The lowest BCUT2D eigenvalue weighted by Crippen LogP contribution is -2.05. The Bertz CT molecular complexity index is 492. The van der Waals surface area contributed by atoms with Crippen LogP contribution in [-0.2, 0) is 13.6 Å². The van der Waals surface area contributed by atoms with E-state index < -0.39 is 11.6 Å². The summed E-state index contributed by atoms with van der Waals surface area (Å²) in [4.78, 5) is 0. The van der Waals surface area contributed by atoms with Crippen LogP contribution in [0, 0.1) is 11.6 Å². The van der Waals surface area contributed by atoms with E-state index >= 15 is 0 Å². The van der Waals surface area contributed by atoms with Crippen molar-refractivity contribution < 1.29 is 8.78 Å². The third-order valence-electron chi connectivity index (χ3n) is 2.44. The SMILES string of the molecule is Cn1cccc1CNc1cc(F)ccc1F. The van der Waals surface area contributed by atoms with Crippen molar-refractivity contribution in [2.75, 3.05) is 5.32 Å². The Labute approximate surface area is 92.5 Å². The van der Waals surface area contributed by atoms with Crippen molar-refractivity contribution in [1.82, 2.24) is 4.57 Å². The van der Waals surface area contributed by atoms with Gasteiger partial charge in [0.2, 0.25) is 0 Å². The zero-order valence-corrected chi connectivity index (χ0v) is 8.87. The molecule has 1 aromatic heterocycles. The van der Waals surface area contributed by atoms with Crippen LogP contribution in [0.2, 0.25) is 0 Å². The number of rotatable bonds is 3. The molecule has 2 nitrogen and oxygen atoms in total. The number of aryl methyl sites for hydroxylation is 1. The molecule has 2 aromatic rings. The first kappa shape index (κ1) is 10.7. The van der Waals surface area contributed by atoms with Crippen LogP contribution in [0.5, 0.6) is 0 Å². The zero-order chi connectivity index (χ0) is 11.5. The Morgan fingerprint density at radius 2 is 2.06 bits per heavy atom. The number of hydrogen-bond acceptors (Lipinski definition) is 1. The molecule has 4 heteroatoms. The van der Waals surface area contributed by atoms with E-state index in [4.69, 9.17) is 0 Å². The number of hydrogen-bond donors (Lipinski definition) is 1. The van der Waals surface area contributed by atoms with Gasteiger partial charge < -0.3 is 9.88 Å². The van der Waals surface area contributed by atoms with E-state index in [2.05, 4.69) is 5.32 Å². The number of nitrogens with one attached hydrogen (secondary N) is 1. The molecule has 0 bridgehead atoms. The number of aromatic nitrogens is 1. The van der Waals surface area contributed by atoms with Crippen molar-refractivity contribution in [3.63, 3.8) is 0 Å². The van der Waals surface area contributed by atoms with Crippen molar-refractivity contribution in [2.24, 2.45) is 7.05 Å². The highest BCUT2D eigenvalue weighted by Gasteiger charge is 2.04. The summed E-state index contributed by atoms with van der Waals surface area (Å²) in [6, 6.07) is 7.19. The maximum Gasteiger partial charge on any atom is 0.146 e. The highest BCUT2D eigenvalue weighted by molar-refractivity contribution is 5.45. The number of nitrogens with zero attached hydrogens (tertiary/aromatic N) is 1. The molecule has 0 saturated carbocycles. The molecule has 0 amide bonds. The van der Waals surface area contributed by atoms with Crippen molar-refractivity contribution in [2.45, 2.75) is 6.54 Å². The monoisotopic (exact) mass is 222 g/mol. The van der Waals surface area contributed by atoms with Crippen LogP contribution >= 0.6 is 0 Å². The summed E-state index contributed by atoms with van der Waals surface area (Å²) in [5.74, 6) is -0.897. The fourth-order valence-corrected chi connectivity index (χ4v) is 1.50. The maximum absolute atomic E-state index is 13.3. The van der Waals surface area contributed by atoms with E-state index in [1.807, 2.05) is 29.9 Å². The molecule has 2 rings (SSSR count). The summed E-state index contributed by atoms with van der Waals surface area (Å²) >= 11 is 0. The fraction of sp³-hybridized carbons (Fsp3) is 0.167. The van der Waals surface area contributed by atoms with Crippen LogP contribution in [0.25, 0.3) is 0 Å². The standard InChI is InChI=1S/C12H12F2N2/c1-16-6-2-3-10(16)8-15-12-7-9(13)4-5-11(12)14/h2-7,15H,8H2,1H3. The van der Waals surface area contributed by atoms with E-state index in [-0.39, 0.29) is 5.69 Å². The molecule has 0 spiro atoms. The third kappa shape index (κ3) is 2.21. The van der Waals surface area contributed by atoms with Gasteiger partial charge in [0, 0.05) is 18.9 Å². The predicted octanol–water partition coefficient (Wildman–Crippen LogP) is 2.92. The number of anilines is 1. The van der Waals surface area contributed by atoms with E-state index in [0.29, 0.717) is 6.54 Å². The van der Waals surface area contributed by atoms with E-state index in [9.17, 15) is 8.78 Å². The molecular weight excluding hydrogens is 210 g/mol. The van der Waals surface area contributed by atoms with Gasteiger partial charge in [-0.3, -0.25) is 0 Å². The summed E-state index contributed by atoms with van der Waals surface area (Å²) in [5, 5.41) is 2.86. The van der Waals surface area contributed by atoms with Crippen molar-refractivity contribution in [1.29, 1.82) is 0 Å². The van der Waals surface area contributed by atoms with E-state index in [0.717, 1.165) is 23.9 Å². The molecule has 0 radical (unpaired) electrons. The van der Waals surface area contributed by atoms with Gasteiger partial charge in [0.25, 0.3) is 0 Å². The van der Waals surface area contributed by atoms with Crippen LogP contribution < -0.4 is 5.32 Å². The second kappa shape index (κ2) is 4.35. The number of halogens is 2. The molecule has 0 unspecified atom stereocenters. The van der Waals surface area contributed by atoms with Gasteiger partial charge in [-0.2, -0.15) is 0 Å². The molecule has 0 aliphatic carbocycles. The lowest BCUT2D eigenvalue weighted by molar-refractivity contribution is 0.602. The van der Waals surface area contributed by atoms with E-state index in [1.165, 1.54) is 0 Å². The second-order valence-corrected chi connectivity index (χ2v) is 3.59. The molecule has 1 heterocycles. The van der Waals surface area contributed by atoms with Gasteiger partial charge >= 0.3 is 0 Å². The maximum atomic E-state index is 13.3. The third-order valence-corrected chi connectivity index (χ3v) is 2.44. The quantitative estimate of drug-likeness (QED) is 0.844. The zero-order valence-electron chi connectivity index (χ0n) is 8.87. The molecule has 0 atom stereocenters. The van der Waals surface area contributed by atoms with Crippen LogP contribution in [0.4, 0.5) is 14.5 Å². The molecule has 1 aromatic carbocycles. The van der Waals surface area contributed by atoms with Crippen LogP contribution in [0.15, 0.2) is 36.5 Å². The smallest absolute Gasteiger partial charge is 0.146 e. The molecule has 1 N–H and O–H groups in total. The van der Waals surface area contributed by atoms with Gasteiger partial charge in [0.05, 0.1) is 12.2 Å². The van der Waals surface area contributed by atoms with Gasteiger partial charge in [0.1, 0.15) is 11.6 Å². The first-order valence-corrected chi connectivity index (χ1v) is 4.96. The van der Waals surface area contributed by atoms with Gasteiger partial charge in [-0.05, 0) is 30.3 Å². The number of benzene rings is 1. The van der Waals surface area contributed by atoms with Gasteiger partial charge in [-0.25, -0.2) is 8.78 Å². The summed E-state index contributed by atoms with van der Waals surface area (Å²) in [6.07, 6.45) is 1.90. The molecule has 0 fully saturated rings. The van der Waals surface area contributed by atoms with Crippen LogP contribution in [0.3, 0.4) is 0 Å². The molecule has 84 valence electrons. The highest BCUT2D eigenvalue weighted by atomic mass is 19.1. The average molecular weight is 222 g/mol. The normalized spacial score (nSPS) is 10.4. The molecular formula is C12H12F2N2. The van der Waals surface area contributed by atoms with Crippen molar-refractivity contribution in [3.8, 4) is 0 Å². The molecule has 0 aliphatic rings. The Morgan fingerprint density at radius 1 is 1.25 bits per heavy atom. The minimum atomic E-state index is -0.449. The predicted molar refractivity (Wildman–Crippen MR) is 59.1 cm³/mol. The highest BCUT2D eigenvalue weighted by Crippen LogP contribution is 2.16. The topological polar surface area (TPSA) is 17.0 Å². The van der Waals surface area contributed by atoms with Gasteiger partial charge in [-0.1, -0.05) is 0 Å². The summed E-state index contributed by atoms with van der Waals surface area (Å²) in [5.41, 5.74) is 1.19. The van der Waals surface area contributed by atoms with Crippen LogP contribution in [-0.4, -0.2) is 4.57 Å². The van der Waals surface area contributed by atoms with Gasteiger partial charge in [-0.15, -0.1) is 0 Å². The minimum Gasteiger partial charge on any atom is -0.377 e. The lowest BCUT2D eigenvalue weighted by Gasteiger charge is -2.08. The fourth-order valence-electron chi connectivity index (χ4n) is 1.50. The van der Waals surface area contributed by atoms with Gasteiger partial charge in [0.15, 0.2) is 0 Å². The molecule has 0 saturated heterocycles. The summed E-state index contributed by atoms with van der Waals surface area (Å²) < 4.78 is 28.1. The second-order valence-electron chi connectivity index (χ2n) is 3.59. The van der Waals surface area contributed by atoms with Crippen molar-refractivity contribution >= 4 is 5.69 Å². The minimum absolute atomic E-state index is 0.182. The first-order valence-electron chi connectivity index (χ1n) is 4.96. The summed E-state index contributed by atoms with van der Waals surface area (Å²) in [6.45, 7) is 0.462. The average Bonchev–Trinajstić information content (AvgIpc) is 2.66. The van der Waals surface area contributed by atoms with Crippen molar-refractivity contribution in [3.05, 3.63) is 53.9 Å². The molecule has 16 heavy (non-hydrogen) atoms. The Kier molecular flexibility index (Phi) is 2.90. The Balaban J connectivity index is 2.10. The largest absolute Gasteiger partial charge is 0.377 e. The Morgan fingerprint density at radius 3 is 2.75 bits per heavy atom. The summed E-state index contributed by atoms with van der Waals surface area (Å²) in [7, 11) is 1.90.